The summed E-state index contributed by atoms with van der Waals surface area (Å²) in [7, 11) is 1.41. The number of phenolic OH excluding ortho intramolecular Hbond substituents is 1. The van der Waals surface area contributed by atoms with Gasteiger partial charge in [0, 0.05) is 0 Å². The van der Waals surface area contributed by atoms with Crippen molar-refractivity contribution in [3.05, 3.63) is 47.0 Å². The summed E-state index contributed by atoms with van der Waals surface area (Å²) in [5.41, 5.74) is 2.93. The fraction of sp³-hybridized carbons (Fsp3) is 0.176. The number of hydrazone groups is 1. The lowest BCUT2D eigenvalue weighted by atomic mass is 10.2. The van der Waals surface area contributed by atoms with Crippen LogP contribution in [0.2, 0.25) is 5.02 Å². The van der Waals surface area contributed by atoms with Gasteiger partial charge in [0.2, 0.25) is 6.10 Å². The maximum absolute atomic E-state index is 12.1. The Hall–Kier alpha value is -2.93. The van der Waals surface area contributed by atoms with Crippen molar-refractivity contribution in [3.63, 3.8) is 0 Å². The Balaban J connectivity index is 1.63. The molecule has 0 radical (unpaired) electrons. The summed E-state index contributed by atoms with van der Waals surface area (Å²) in [5.74, 6) is 0.717. The molecule has 0 aromatic heterocycles. The molecule has 1 amide bonds. The van der Waals surface area contributed by atoms with Crippen LogP contribution in [-0.4, -0.2) is 37.0 Å². The summed E-state index contributed by atoms with van der Waals surface area (Å²) in [6, 6.07) is 10.1. The molecular formula is C17H15ClN2O5. The third kappa shape index (κ3) is 3.77. The van der Waals surface area contributed by atoms with Crippen molar-refractivity contribution in [1.29, 1.82) is 0 Å². The van der Waals surface area contributed by atoms with Crippen LogP contribution in [0.4, 0.5) is 0 Å². The molecule has 2 aromatic rings. The molecule has 0 bridgehead atoms. The highest BCUT2D eigenvalue weighted by molar-refractivity contribution is 6.32. The molecule has 8 heteroatoms. The minimum atomic E-state index is -0.801. The van der Waals surface area contributed by atoms with Gasteiger partial charge in [0.25, 0.3) is 5.91 Å². The number of amides is 1. The lowest BCUT2D eigenvalue weighted by Crippen LogP contribution is -2.42. The lowest BCUT2D eigenvalue weighted by Gasteiger charge is -2.24. The largest absolute Gasteiger partial charge is 0.503 e. The molecule has 1 aliphatic rings. The molecular weight excluding hydrogens is 348 g/mol. The highest BCUT2D eigenvalue weighted by atomic mass is 35.5. The number of carbonyl (C=O) groups is 1. The molecule has 1 unspecified atom stereocenters. The summed E-state index contributed by atoms with van der Waals surface area (Å²) in [4.78, 5) is 12.1. The van der Waals surface area contributed by atoms with Crippen molar-refractivity contribution in [1.82, 2.24) is 5.43 Å². The van der Waals surface area contributed by atoms with Gasteiger partial charge in [-0.15, -0.1) is 0 Å². The first-order valence-electron chi connectivity index (χ1n) is 7.36. The van der Waals surface area contributed by atoms with Crippen molar-refractivity contribution in [2.75, 3.05) is 13.7 Å². The van der Waals surface area contributed by atoms with Gasteiger partial charge in [0.1, 0.15) is 6.61 Å². The first kappa shape index (κ1) is 16.9. The second-order valence-corrected chi connectivity index (χ2v) is 5.56. The quantitative estimate of drug-likeness (QED) is 0.643. The van der Waals surface area contributed by atoms with E-state index in [9.17, 15) is 9.90 Å². The highest BCUT2D eigenvalue weighted by Crippen LogP contribution is 2.34. The molecule has 3 rings (SSSR count). The molecule has 7 nitrogen and oxygen atoms in total. The van der Waals surface area contributed by atoms with Crippen molar-refractivity contribution >= 4 is 23.7 Å². The number of benzene rings is 2. The Labute approximate surface area is 148 Å². The van der Waals surface area contributed by atoms with Crippen LogP contribution in [0.1, 0.15) is 5.56 Å². The van der Waals surface area contributed by atoms with Gasteiger partial charge in [-0.05, 0) is 29.8 Å². The summed E-state index contributed by atoms with van der Waals surface area (Å²) < 4.78 is 16.1. The number of aromatic hydroxyl groups is 1. The second kappa shape index (κ2) is 7.31. The van der Waals surface area contributed by atoms with E-state index in [0.717, 1.165) is 0 Å². The highest BCUT2D eigenvalue weighted by Gasteiger charge is 2.26. The molecule has 0 saturated carbocycles. The van der Waals surface area contributed by atoms with Crippen molar-refractivity contribution in [3.8, 4) is 23.0 Å². The Morgan fingerprint density at radius 3 is 2.92 bits per heavy atom. The fourth-order valence-electron chi connectivity index (χ4n) is 2.22. The number of fused-ring (bicyclic) bond motifs is 1. The number of phenols is 1. The first-order valence-corrected chi connectivity index (χ1v) is 7.74. The third-order valence-electron chi connectivity index (χ3n) is 3.46. The molecule has 0 aliphatic carbocycles. The summed E-state index contributed by atoms with van der Waals surface area (Å²) in [6.45, 7) is 0.0945. The van der Waals surface area contributed by atoms with Gasteiger partial charge in [-0.25, -0.2) is 5.43 Å². The maximum atomic E-state index is 12.1. The topological polar surface area (TPSA) is 89.4 Å². The zero-order valence-electron chi connectivity index (χ0n) is 13.2. The standard InChI is InChI=1S/C17H15ClN2O5/c1-23-14-7-10(6-11(18)16(14)21)8-19-20-17(22)15-9-24-12-4-2-3-5-13(12)25-15/h2-8,15,21H,9H2,1H3,(H,20,22). The second-order valence-electron chi connectivity index (χ2n) is 5.15. The zero-order valence-corrected chi connectivity index (χ0v) is 14.0. The molecule has 1 atom stereocenters. The van der Waals surface area contributed by atoms with Gasteiger partial charge < -0.3 is 19.3 Å². The molecule has 2 N–H and O–H groups in total. The molecule has 0 fully saturated rings. The smallest absolute Gasteiger partial charge is 0.284 e. The van der Waals surface area contributed by atoms with Gasteiger partial charge in [-0.2, -0.15) is 5.10 Å². The van der Waals surface area contributed by atoms with E-state index in [4.69, 9.17) is 25.8 Å². The summed E-state index contributed by atoms with van der Waals surface area (Å²) in [6.07, 6.45) is 0.577. The van der Waals surface area contributed by atoms with Gasteiger partial charge in [0.15, 0.2) is 23.0 Å². The average molecular weight is 363 g/mol. The predicted molar refractivity (Wildman–Crippen MR) is 91.8 cm³/mol. The number of nitrogens with one attached hydrogen (secondary N) is 1. The maximum Gasteiger partial charge on any atom is 0.284 e. The van der Waals surface area contributed by atoms with Crippen molar-refractivity contribution < 1.29 is 24.1 Å². The normalized spacial score (nSPS) is 15.8. The van der Waals surface area contributed by atoms with Gasteiger partial charge in [0.05, 0.1) is 18.3 Å². The SMILES string of the molecule is COc1cc(C=NNC(=O)C2COc3ccccc3O2)cc(Cl)c1O. The van der Waals surface area contributed by atoms with E-state index in [1.807, 2.05) is 6.07 Å². The van der Waals surface area contributed by atoms with E-state index >= 15 is 0 Å². The van der Waals surface area contributed by atoms with E-state index in [-0.39, 0.29) is 23.1 Å². The van der Waals surface area contributed by atoms with E-state index < -0.39 is 12.0 Å². The molecule has 1 heterocycles. The molecule has 1 aliphatic heterocycles. The van der Waals surface area contributed by atoms with E-state index in [2.05, 4.69) is 10.5 Å². The molecule has 130 valence electrons. The fourth-order valence-corrected chi connectivity index (χ4v) is 2.43. The number of nitrogens with zero attached hydrogens (tertiary/aromatic N) is 1. The Morgan fingerprint density at radius 2 is 2.16 bits per heavy atom. The number of hydrogen-bond donors (Lipinski definition) is 2. The third-order valence-corrected chi connectivity index (χ3v) is 3.75. The summed E-state index contributed by atoms with van der Waals surface area (Å²) >= 11 is 5.89. The van der Waals surface area contributed by atoms with Crippen LogP contribution in [0.25, 0.3) is 0 Å². The number of methoxy groups -OCH3 is 1. The van der Waals surface area contributed by atoms with E-state index in [1.165, 1.54) is 25.5 Å². The van der Waals surface area contributed by atoms with Crippen LogP contribution in [0, 0.1) is 0 Å². The molecule has 0 saturated heterocycles. The molecule has 25 heavy (non-hydrogen) atoms. The Bertz CT molecular complexity index is 825. The number of rotatable bonds is 4. The first-order chi connectivity index (χ1) is 12.1. The van der Waals surface area contributed by atoms with Gasteiger partial charge >= 0.3 is 0 Å². The number of para-hydroxylation sites is 2. The van der Waals surface area contributed by atoms with Crippen LogP contribution >= 0.6 is 11.6 Å². The number of carbonyl (C=O) groups excluding carboxylic acids is 1. The van der Waals surface area contributed by atoms with Crippen LogP contribution in [0.3, 0.4) is 0 Å². The van der Waals surface area contributed by atoms with Gasteiger partial charge in [-0.1, -0.05) is 23.7 Å². The van der Waals surface area contributed by atoms with E-state index in [0.29, 0.717) is 17.1 Å². The number of hydrogen-bond acceptors (Lipinski definition) is 6. The van der Waals surface area contributed by atoms with E-state index in [1.54, 1.807) is 18.2 Å². The van der Waals surface area contributed by atoms with Crippen molar-refractivity contribution in [2.24, 2.45) is 5.10 Å². The monoisotopic (exact) mass is 362 g/mol. The van der Waals surface area contributed by atoms with Crippen LogP contribution < -0.4 is 19.6 Å². The minimum absolute atomic E-state index is 0.0945. The van der Waals surface area contributed by atoms with Crippen LogP contribution in [0.15, 0.2) is 41.5 Å². The zero-order chi connectivity index (χ0) is 17.8. The number of halogens is 1. The average Bonchev–Trinajstić information content (AvgIpc) is 2.63. The van der Waals surface area contributed by atoms with Crippen molar-refractivity contribution in [2.45, 2.75) is 6.10 Å². The van der Waals surface area contributed by atoms with Gasteiger partial charge in [-0.3, -0.25) is 4.79 Å². The molecule has 2 aromatic carbocycles. The summed E-state index contributed by atoms with van der Waals surface area (Å²) in [5, 5.41) is 13.7. The predicted octanol–water partition coefficient (Wildman–Crippen LogP) is 2.34. The Kier molecular flexibility index (Phi) is 4.95. The lowest BCUT2D eigenvalue weighted by molar-refractivity contribution is -0.130. The van der Waals surface area contributed by atoms with Crippen LogP contribution in [-0.2, 0) is 4.79 Å². The van der Waals surface area contributed by atoms with Crippen LogP contribution in [0.5, 0.6) is 23.0 Å². The molecule has 0 spiro atoms. The Morgan fingerprint density at radius 1 is 1.40 bits per heavy atom. The minimum Gasteiger partial charge on any atom is -0.503 e. The number of ether oxygens (including phenoxy) is 3.